The summed E-state index contributed by atoms with van der Waals surface area (Å²) in [7, 11) is -12.0. The number of hydrogen-bond donors (Lipinski definition) is 0. The summed E-state index contributed by atoms with van der Waals surface area (Å²) < 4.78 is 78.0. The molecule has 0 aliphatic carbocycles. The Hall–Kier alpha value is 0.826. The van der Waals surface area contributed by atoms with Gasteiger partial charge in [-0.25, -0.2) is 0 Å². The van der Waals surface area contributed by atoms with Crippen molar-refractivity contribution >= 4 is 14.5 Å². The quantitative estimate of drug-likeness (QED) is 0.297. The molecule has 0 atom stereocenters. The van der Waals surface area contributed by atoms with Crippen molar-refractivity contribution in [3.8, 4) is 0 Å². The first-order valence-electron chi connectivity index (χ1n) is 1.75. The van der Waals surface area contributed by atoms with Gasteiger partial charge in [-0.15, -0.1) is 0 Å². The summed E-state index contributed by atoms with van der Waals surface area (Å²) in [6, 6.07) is 0. The van der Waals surface area contributed by atoms with E-state index < -0.39 is 14.5 Å². The Kier molecular flexibility index (Phi) is 51.3. The van der Waals surface area contributed by atoms with Crippen LogP contribution >= 0.6 is 0 Å². The van der Waals surface area contributed by atoms with Crippen molar-refractivity contribution in [1.29, 1.82) is 0 Å². The molecule has 0 amide bonds. The fourth-order valence-corrected chi connectivity index (χ4v) is 0. The first kappa shape index (κ1) is 44.7. The molecular weight excluding hydrogens is 612 g/mol. The maximum absolute atomic E-state index is 9.75. The molecule has 15 heteroatoms. The van der Waals surface area contributed by atoms with Crippen LogP contribution in [0.25, 0.3) is 0 Å². The maximum atomic E-state index is 9.75. The van der Waals surface area contributed by atoms with Crippen LogP contribution in [-0.4, -0.2) is 14.5 Å². The molecule has 0 fully saturated rings. The summed E-state index contributed by atoms with van der Waals surface area (Å²) in [4.78, 5) is 0. The molecule has 15 heavy (non-hydrogen) atoms. The van der Waals surface area contributed by atoms with Crippen molar-refractivity contribution < 1.29 is 95.9 Å². The van der Waals surface area contributed by atoms with E-state index in [1.165, 1.54) is 0 Å². The standard InChI is InChI=1S/2BF4.3O.2Pt/c2*2-1(3,4)5;;;;;/q2*-1;3*-2;;/p+2. The minimum absolute atomic E-state index is 0. The molecular formula is H2B2F8O3Pt2-6. The van der Waals surface area contributed by atoms with Gasteiger partial charge in [0.15, 0.2) is 0 Å². The molecule has 0 aromatic heterocycles. The van der Waals surface area contributed by atoms with Crippen LogP contribution in [0, 0.1) is 0 Å². The molecule has 0 N–H and O–H groups in total. The fourth-order valence-electron chi connectivity index (χ4n) is 0. The molecule has 0 unspecified atom stereocenters. The Balaban J connectivity index is -0.00000000762. The van der Waals surface area contributed by atoms with Gasteiger partial charge in [-0.3, -0.25) is 0 Å². The van der Waals surface area contributed by atoms with Gasteiger partial charge in [-0.2, -0.15) is 0 Å². The molecule has 0 spiro atoms. The van der Waals surface area contributed by atoms with Crippen LogP contribution in [0.2, 0.25) is 0 Å². The Morgan fingerprint density at radius 1 is 0.467 bits per heavy atom. The summed E-state index contributed by atoms with van der Waals surface area (Å²) in [5, 5.41) is 0. The third kappa shape index (κ3) is 3570. The summed E-state index contributed by atoms with van der Waals surface area (Å²) >= 11 is 0. The van der Waals surface area contributed by atoms with E-state index in [1.54, 1.807) is 0 Å². The van der Waals surface area contributed by atoms with E-state index in [4.69, 9.17) is 0 Å². The first-order valence-corrected chi connectivity index (χ1v) is 1.75. The summed E-state index contributed by atoms with van der Waals surface area (Å²) in [6.45, 7) is 0. The number of halogens is 8. The molecule has 0 heterocycles. The Morgan fingerprint density at radius 3 is 0.467 bits per heavy atom. The second kappa shape index (κ2) is 17.2. The maximum Gasteiger partial charge on any atom is 1.00 e. The summed E-state index contributed by atoms with van der Waals surface area (Å²) in [5.41, 5.74) is 0. The van der Waals surface area contributed by atoms with E-state index in [2.05, 4.69) is 0 Å². The molecule has 0 aromatic carbocycles. The second-order valence-electron chi connectivity index (χ2n) is 0.990. The van der Waals surface area contributed by atoms with Crippen LogP contribution in [0.15, 0.2) is 0 Å². The molecule has 0 aliphatic rings. The molecule has 108 valence electrons. The Morgan fingerprint density at radius 2 is 0.467 bits per heavy atom. The Labute approximate surface area is 111 Å². The van der Waals surface area contributed by atoms with Crippen LogP contribution in [0.3, 0.4) is 0 Å². The van der Waals surface area contributed by atoms with Gasteiger partial charge in [0.1, 0.15) is 0 Å². The second-order valence-corrected chi connectivity index (χ2v) is 0.990. The predicted octanol–water partition coefficient (Wildman–Crippen LogP) is 2.46. The van der Waals surface area contributed by atoms with Crippen molar-refractivity contribution in [3.05, 3.63) is 0 Å². The van der Waals surface area contributed by atoms with Gasteiger partial charge in [-0.1, -0.05) is 0 Å². The third-order valence-electron chi connectivity index (χ3n) is 0. The minimum Gasteiger partial charge on any atom is -2.00 e. The average Bonchev–Trinajstić information content (AvgIpc) is 1.12. The fraction of sp³-hybridized carbons (Fsp3) is 0. The van der Waals surface area contributed by atoms with E-state index in [1.807, 2.05) is 0 Å². The molecule has 0 radical (unpaired) electrons. The van der Waals surface area contributed by atoms with Crippen LogP contribution in [-0.2, 0) is 58.6 Å². The van der Waals surface area contributed by atoms with Gasteiger partial charge in [0, 0.05) is 42.1 Å². The number of hydrogen-bond acceptors (Lipinski definition) is 0. The van der Waals surface area contributed by atoms with E-state index in [9.17, 15) is 34.5 Å². The van der Waals surface area contributed by atoms with Crippen LogP contribution in [0.1, 0.15) is 2.85 Å². The zero-order chi connectivity index (χ0) is 9.00. The largest absolute Gasteiger partial charge is 2.00 e. The molecule has 3 nitrogen and oxygen atoms in total. The summed E-state index contributed by atoms with van der Waals surface area (Å²) in [5.74, 6) is 0. The van der Waals surface area contributed by atoms with Gasteiger partial charge in [0.25, 0.3) is 0 Å². The van der Waals surface area contributed by atoms with Crippen LogP contribution < -0.4 is 0 Å². The average molecular weight is 614 g/mol. The zero-order valence-electron chi connectivity index (χ0n) is 8.04. The first-order chi connectivity index (χ1) is 4.00. The third-order valence-corrected chi connectivity index (χ3v) is 0. The SMILES string of the molecule is F[B-](F)(F)F.F[B-](F)(F)F.[H+].[H+].[O-2].[O-2].[O-2].[Pt].[Pt]. The van der Waals surface area contributed by atoms with E-state index in [-0.39, 0.29) is 61.4 Å². The Bertz CT molecular complexity index is 77.8. The van der Waals surface area contributed by atoms with Gasteiger partial charge >= 0.3 is 17.4 Å². The molecule has 0 aromatic rings. The van der Waals surface area contributed by atoms with Crippen molar-refractivity contribution in [2.45, 2.75) is 0 Å². The van der Waals surface area contributed by atoms with Crippen LogP contribution in [0.4, 0.5) is 34.5 Å². The normalized spacial score (nSPS) is 8.00. The van der Waals surface area contributed by atoms with E-state index in [0.29, 0.717) is 0 Å². The molecule has 0 saturated carbocycles. The van der Waals surface area contributed by atoms with E-state index >= 15 is 0 Å². The molecule has 0 bridgehead atoms. The molecule has 0 saturated heterocycles. The van der Waals surface area contributed by atoms with Gasteiger partial charge in [0.2, 0.25) is 0 Å². The monoisotopic (exact) mass is 614 g/mol. The van der Waals surface area contributed by atoms with Gasteiger partial charge in [-0.05, 0) is 0 Å². The predicted molar refractivity (Wildman–Crippen MR) is 24.7 cm³/mol. The number of rotatable bonds is 0. The molecule has 0 rings (SSSR count). The van der Waals surface area contributed by atoms with E-state index in [0.717, 1.165) is 0 Å². The van der Waals surface area contributed by atoms with Crippen molar-refractivity contribution in [2.75, 3.05) is 0 Å². The topological polar surface area (TPSA) is 85.5 Å². The van der Waals surface area contributed by atoms with Crippen molar-refractivity contribution in [1.82, 2.24) is 0 Å². The van der Waals surface area contributed by atoms with Crippen molar-refractivity contribution in [3.63, 3.8) is 0 Å². The molecule has 0 aliphatic heterocycles. The minimum atomic E-state index is -6.00. The summed E-state index contributed by atoms with van der Waals surface area (Å²) in [6.07, 6.45) is 0. The van der Waals surface area contributed by atoms with Gasteiger partial charge in [0.05, 0.1) is 0 Å². The van der Waals surface area contributed by atoms with Gasteiger partial charge < -0.3 is 51.0 Å². The zero-order valence-corrected chi connectivity index (χ0v) is 10.6. The smallest absolute Gasteiger partial charge is 1.00 e. The van der Waals surface area contributed by atoms with Crippen molar-refractivity contribution in [2.24, 2.45) is 0 Å². The van der Waals surface area contributed by atoms with Crippen LogP contribution in [0.5, 0.6) is 0 Å².